The molecule has 1 N–H and O–H groups in total. The van der Waals surface area contributed by atoms with Crippen molar-refractivity contribution in [1.29, 1.82) is 0 Å². The second-order valence-corrected chi connectivity index (χ2v) is 3.73. The van der Waals surface area contributed by atoms with E-state index in [1.807, 2.05) is 7.05 Å². The molecule has 5 nitrogen and oxygen atoms in total. The molecule has 0 amide bonds. The van der Waals surface area contributed by atoms with Crippen LogP contribution in [0.3, 0.4) is 0 Å². The standard InChI is InChI=1S/C11H14FN5/c1-13-8-11-14-15-16-17(11)7-6-9-2-4-10(12)5-3-9/h2-5,13H,6-8H2,1H3. The summed E-state index contributed by atoms with van der Waals surface area (Å²) < 4.78 is 14.5. The van der Waals surface area contributed by atoms with Gasteiger partial charge in [-0.15, -0.1) is 5.10 Å². The minimum Gasteiger partial charge on any atom is -0.313 e. The fraction of sp³-hybridized carbons (Fsp3) is 0.364. The van der Waals surface area contributed by atoms with Gasteiger partial charge >= 0.3 is 0 Å². The van der Waals surface area contributed by atoms with Crippen LogP contribution < -0.4 is 5.32 Å². The first-order valence-electron chi connectivity index (χ1n) is 5.43. The third kappa shape index (κ3) is 3.07. The van der Waals surface area contributed by atoms with Gasteiger partial charge in [0.05, 0.1) is 6.54 Å². The van der Waals surface area contributed by atoms with E-state index in [4.69, 9.17) is 0 Å². The summed E-state index contributed by atoms with van der Waals surface area (Å²) in [5, 5.41) is 14.5. The van der Waals surface area contributed by atoms with E-state index in [9.17, 15) is 4.39 Å². The van der Waals surface area contributed by atoms with E-state index in [0.29, 0.717) is 13.1 Å². The minimum absolute atomic E-state index is 0.216. The molecule has 0 aliphatic carbocycles. The molecule has 0 radical (unpaired) electrons. The van der Waals surface area contributed by atoms with Gasteiger partial charge in [-0.3, -0.25) is 0 Å². The third-order valence-electron chi connectivity index (χ3n) is 2.47. The van der Waals surface area contributed by atoms with Crippen molar-refractivity contribution in [3.8, 4) is 0 Å². The van der Waals surface area contributed by atoms with Gasteiger partial charge in [-0.2, -0.15) is 0 Å². The zero-order valence-electron chi connectivity index (χ0n) is 9.60. The molecule has 0 bridgehead atoms. The molecule has 1 heterocycles. The first kappa shape index (κ1) is 11.7. The lowest BCUT2D eigenvalue weighted by molar-refractivity contribution is 0.552. The van der Waals surface area contributed by atoms with Gasteiger partial charge in [0.1, 0.15) is 5.82 Å². The van der Waals surface area contributed by atoms with E-state index in [-0.39, 0.29) is 5.82 Å². The molecule has 2 rings (SSSR count). The van der Waals surface area contributed by atoms with Gasteiger partial charge in [0, 0.05) is 6.54 Å². The summed E-state index contributed by atoms with van der Waals surface area (Å²) in [7, 11) is 1.85. The molecule has 2 aromatic rings. The number of rotatable bonds is 5. The first-order valence-corrected chi connectivity index (χ1v) is 5.43. The topological polar surface area (TPSA) is 55.6 Å². The summed E-state index contributed by atoms with van der Waals surface area (Å²) >= 11 is 0. The highest BCUT2D eigenvalue weighted by Gasteiger charge is 2.04. The highest BCUT2D eigenvalue weighted by molar-refractivity contribution is 5.15. The number of hydrogen-bond donors (Lipinski definition) is 1. The molecule has 0 fully saturated rings. The van der Waals surface area contributed by atoms with Crippen molar-refractivity contribution in [1.82, 2.24) is 25.5 Å². The van der Waals surface area contributed by atoms with Crippen LogP contribution in [0.25, 0.3) is 0 Å². The Morgan fingerprint density at radius 2 is 2.06 bits per heavy atom. The normalized spacial score (nSPS) is 10.7. The Morgan fingerprint density at radius 1 is 1.29 bits per heavy atom. The Morgan fingerprint density at radius 3 is 2.76 bits per heavy atom. The molecule has 0 saturated heterocycles. The van der Waals surface area contributed by atoms with E-state index >= 15 is 0 Å². The Hall–Kier alpha value is -1.82. The smallest absolute Gasteiger partial charge is 0.165 e. The molecule has 1 aromatic carbocycles. The van der Waals surface area contributed by atoms with Crippen LogP contribution >= 0.6 is 0 Å². The van der Waals surface area contributed by atoms with Crippen molar-refractivity contribution >= 4 is 0 Å². The number of nitrogens with one attached hydrogen (secondary N) is 1. The SMILES string of the molecule is CNCc1nnnn1CCc1ccc(F)cc1. The van der Waals surface area contributed by atoms with Gasteiger partial charge in [-0.05, 0) is 41.6 Å². The Labute approximate surface area is 98.6 Å². The maximum Gasteiger partial charge on any atom is 0.165 e. The third-order valence-corrected chi connectivity index (χ3v) is 2.47. The number of halogens is 1. The summed E-state index contributed by atoms with van der Waals surface area (Å²) in [4.78, 5) is 0. The molecular weight excluding hydrogens is 221 g/mol. The molecule has 0 atom stereocenters. The molecule has 0 aliphatic rings. The van der Waals surface area contributed by atoms with Crippen molar-refractivity contribution < 1.29 is 4.39 Å². The van der Waals surface area contributed by atoms with Crippen LogP contribution in [-0.2, 0) is 19.5 Å². The maximum atomic E-state index is 12.7. The molecule has 17 heavy (non-hydrogen) atoms. The van der Waals surface area contributed by atoms with Gasteiger partial charge in [0.25, 0.3) is 0 Å². The lowest BCUT2D eigenvalue weighted by Gasteiger charge is -2.04. The van der Waals surface area contributed by atoms with Crippen molar-refractivity contribution in [2.45, 2.75) is 19.5 Å². The zero-order chi connectivity index (χ0) is 12.1. The van der Waals surface area contributed by atoms with E-state index in [1.165, 1.54) is 12.1 Å². The van der Waals surface area contributed by atoms with Crippen molar-refractivity contribution in [2.75, 3.05) is 7.05 Å². The summed E-state index contributed by atoms with van der Waals surface area (Å²) in [6.45, 7) is 1.33. The van der Waals surface area contributed by atoms with Crippen LogP contribution in [0.5, 0.6) is 0 Å². The number of benzene rings is 1. The van der Waals surface area contributed by atoms with Gasteiger partial charge in [0.2, 0.25) is 0 Å². The highest BCUT2D eigenvalue weighted by Crippen LogP contribution is 2.05. The fourth-order valence-electron chi connectivity index (χ4n) is 1.57. The lowest BCUT2D eigenvalue weighted by Crippen LogP contribution is -2.14. The Bertz CT molecular complexity index is 465. The summed E-state index contributed by atoms with van der Waals surface area (Å²) in [5.41, 5.74) is 1.07. The molecule has 6 heteroatoms. The van der Waals surface area contributed by atoms with Gasteiger partial charge in [0.15, 0.2) is 5.82 Å². The molecule has 1 aromatic heterocycles. The largest absolute Gasteiger partial charge is 0.313 e. The molecule has 90 valence electrons. The second-order valence-electron chi connectivity index (χ2n) is 3.73. The fourth-order valence-corrected chi connectivity index (χ4v) is 1.57. The van der Waals surface area contributed by atoms with E-state index in [0.717, 1.165) is 17.8 Å². The second kappa shape index (κ2) is 5.49. The van der Waals surface area contributed by atoms with E-state index < -0.39 is 0 Å². The van der Waals surface area contributed by atoms with Gasteiger partial charge in [-0.1, -0.05) is 12.1 Å². The zero-order valence-corrected chi connectivity index (χ0v) is 9.60. The lowest BCUT2D eigenvalue weighted by atomic mass is 10.1. The number of tetrazole rings is 1. The van der Waals surface area contributed by atoms with E-state index in [1.54, 1.807) is 16.8 Å². The number of aromatic nitrogens is 4. The average Bonchev–Trinajstić information content (AvgIpc) is 2.77. The van der Waals surface area contributed by atoms with Crippen molar-refractivity contribution in [3.63, 3.8) is 0 Å². The molecule has 0 spiro atoms. The van der Waals surface area contributed by atoms with Crippen LogP contribution in [0.2, 0.25) is 0 Å². The average molecular weight is 235 g/mol. The van der Waals surface area contributed by atoms with Gasteiger partial charge < -0.3 is 5.32 Å². The minimum atomic E-state index is -0.216. The maximum absolute atomic E-state index is 12.7. The predicted octanol–water partition coefficient (Wildman–Crippen LogP) is 0.774. The highest BCUT2D eigenvalue weighted by atomic mass is 19.1. The predicted molar refractivity (Wildman–Crippen MR) is 60.7 cm³/mol. The first-order chi connectivity index (χ1) is 8.29. The van der Waals surface area contributed by atoms with Crippen LogP contribution in [0.1, 0.15) is 11.4 Å². The van der Waals surface area contributed by atoms with Crippen molar-refractivity contribution in [2.24, 2.45) is 0 Å². The number of nitrogens with zero attached hydrogens (tertiary/aromatic N) is 4. The molecule has 0 unspecified atom stereocenters. The quantitative estimate of drug-likeness (QED) is 0.832. The summed E-state index contributed by atoms with van der Waals surface area (Å²) in [6.07, 6.45) is 0.780. The van der Waals surface area contributed by atoms with Crippen LogP contribution in [0.4, 0.5) is 4.39 Å². The molecule has 0 aliphatic heterocycles. The Balaban J connectivity index is 1.97. The van der Waals surface area contributed by atoms with Crippen LogP contribution in [-0.4, -0.2) is 27.3 Å². The summed E-state index contributed by atoms with van der Waals surface area (Å²) in [5.74, 6) is 0.585. The summed E-state index contributed by atoms with van der Waals surface area (Å²) in [6, 6.07) is 6.47. The van der Waals surface area contributed by atoms with Gasteiger partial charge in [-0.25, -0.2) is 9.07 Å². The van der Waals surface area contributed by atoms with E-state index in [2.05, 4.69) is 20.8 Å². The number of hydrogen-bond acceptors (Lipinski definition) is 4. The Kier molecular flexibility index (Phi) is 3.77. The molecular formula is C11H14FN5. The monoisotopic (exact) mass is 235 g/mol. The van der Waals surface area contributed by atoms with Crippen LogP contribution in [0.15, 0.2) is 24.3 Å². The number of aryl methyl sites for hydroxylation is 2. The molecule has 0 saturated carbocycles. The van der Waals surface area contributed by atoms with Crippen molar-refractivity contribution in [3.05, 3.63) is 41.5 Å². The van der Waals surface area contributed by atoms with Crippen LogP contribution in [0, 0.1) is 5.82 Å².